The molecule has 6 heteroatoms. The number of aromatic nitrogens is 2. The lowest BCUT2D eigenvalue weighted by molar-refractivity contribution is -0.126. The molecule has 1 aliphatic carbocycles. The predicted octanol–water partition coefficient (Wildman–Crippen LogP) is 4.98. The van der Waals surface area contributed by atoms with E-state index in [9.17, 15) is 4.79 Å². The molecule has 1 aliphatic rings. The maximum Gasteiger partial charge on any atom is 0.142 e. The van der Waals surface area contributed by atoms with Crippen molar-refractivity contribution < 1.29 is 9.53 Å². The van der Waals surface area contributed by atoms with Crippen molar-refractivity contribution in [2.75, 3.05) is 11.9 Å². The predicted molar refractivity (Wildman–Crippen MR) is 105 cm³/mol. The molecule has 1 heterocycles. The molecule has 3 aromatic rings. The summed E-state index contributed by atoms with van der Waals surface area (Å²) in [6, 6.07) is 17.3. The van der Waals surface area contributed by atoms with E-state index >= 15 is 0 Å². The standard InChI is InChI=1S/C21H18ClN3O2/c22-20-19(21(25-13-24-20)23-12-14-10-16(26)11-14)15-6-8-18(9-7-15)27-17-4-2-1-3-5-17/h1-9,13-14H,10-12H2,(H,23,24,25). The fraction of sp³-hybridized carbons (Fsp3) is 0.190. The van der Waals surface area contributed by atoms with Crippen LogP contribution in [0.5, 0.6) is 11.5 Å². The molecule has 5 nitrogen and oxygen atoms in total. The Labute approximate surface area is 162 Å². The van der Waals surface area contributed by atoms with E-state index in [2.05, 4.69) is 15.3 Å². The van der Waals surface area contributed by atoms with Gasteiger partial charge >= 0.3 is 0 Å². The van der Waals surface area contributed by atoms with Gasteiger partial charge < -0.3 is 10.1 Å². The van der Waals surface area contributed by atoms with Gasteiger partial charge in [-0.1, -0.05) is 41.9 Å². The molecule has 0 bridgehead atoms. The Morgan fingerprint density at radius 2 is 1.70 bits per heavy atom. The molecule has 0 atom stereocenters. The van der Waals surface area contributed by atoms with E-state index in [0.29, 0.717) is 42.1 Å². The van der Waals surface area contributed by atoms with E-state index in [-0.39, 0.29) is 0 Å². The van der Waals surface area contributed by atoms with Crippen molar-refractivity contribution in [1.29, 1.82) is 0 Å². The van der Waals surface area contributed by atoms with E-state index in [1.165, 1.54) is 6.33 Å². The average molecular weight is 380 g/mol. The number of nitrogens with zero attached hydrogens (tertiary/aromatic N) is 2. The summed E-state index contributed by atoms with van der Waals surface area (Å²) in [4.78, 5) is 19.6. The monoisotopic (exact) mass is 379 g/mol. The van der Waals surface area contributed by atoms with Gasteiger partial charge in [-0.25, -0.2) is 9.97 Å². The van der Waals surface area contributed by atoms with Gasteiger partial charge in [-0.05, 0) is 35.7 Å². The molecule has 1 N–H and O–H groups in total. The van der Waals surface area contributed by atoms with Gasteiger partial charge in [0.05, 0.1) is 5.56 Å². The number of rotatable bonds is 6. The molecule has 0 saturated heterocycles. The zero-order valence-corrected chi connectivity index (χ0v) is 15.3. The first-order chi connectivity index (χ1) is 13.2. The van der Waals surface area contributed by atoms with Crippen LogP contribution < -0.4 is 10.1 Å². The molecule has 27 heavy (non-hydrogen) atoms. The topological polar surface area (TPSA) is 64.1 Å². The minimum atomic E-state index is 0.316. The van der Waals surface area contributed by atoms with Crippen molar-refractivity contribution in [3.8, 4) is 22.6 Å². The van der Waals surface area contributed by atoms with Gasteiger partial charge in [0.15, 0.2) is 0 Å². The summed E-state index contributed by atoms with van der Waals surface area (Å²) in [6.45, 7) is 0.696. The second kappa shape index (κ2) is 7.76. The molecule has 1 fully saturated rings. The van der Waals surface area contributed by atoms with Crippen LogP contribution in [0.15, 0.2) is 60.9 Å². The number of hydrogen-bond acceptors (Lipinski definition) is 5. The molecular weight excluding hydrogens is 362 g/mol. The lowest BCUT2D eigenvalue weighted by Gasteiger charge is -2.24. The molecule has 1 aromatic heterocycles. The molecule has 0 radical (unpaired) electrons. The van der Waals surface area contributed by atoms with Gasteiger partial charge in [0.2, 0.25) is 0 Å². The number of carbonyl (C=O) groups excluding carboxylic acids is 1. The van der Waals surface area contributed by atoms with Crippen molar-refractivity contribution in [2.45, 2.75) is 12.8 Å². The highest BCUT2D eigenvalue weighted by Crippen LogP contribution is 2.34. The summed E-state index contributed by atoms with van der Waals surface area (Å²) in [5.74, 6) is 2.87. The number of ether oxygens (including phenoxy) is 1. The highest BCUT2D eigenvalue weighted by atomic mass is 35.5. The van der Waals surface area contributed by atoms with Crippen LogP contribution in [0, 0.1) is 5.92 Å². The van der Waals surface area contributed by atoms with Gasteiger partial charge in [0.25, 0.3) is 0 Å². The van der Waals surface area contributed by atoms with Crippen molar-refractivity contribution in [2.24, 2.45) is 5.92 Å². The van der Waals surface area contributed by atoms with Crippen LogP contribution in [0.25, 0.3) is 11.1 Å². The minimum absolute atomic E-state index is 0.316. The van der Waals surface area contributed by atoms with Crippen LogP contribution in [0.2, 0.25) is 5.15 Å². The lowest BCUT2D eigenvalue weighted by Crippen LogP contribution is -2.29. The Bertz CT molecular complexity index is 937. The van der Waals surface area contributed by atoms with Crippen LogP contribution in [0.3, 0.4) is 0 Å². The van der Waals surface area contributed by atoms with Gasteiger partial charge in [0, 0.05) is 19.4 Å². The number of anilines is 1. The summed E-state index contributed by atoms with van der Waals surface area (Å²) < 4.78 is 5.83. The molecule has 4 rings (SSSR count). The summed E-state index contributed by atoms with van der Waals surface area (Å²) in [7, 11) is 0. The normalized spacial score (nSPS) is 13.9. The van der Waals surface area contributed by atoms with Crippen molar-refractivity contribution in [1.82, 2.24) is 9.97 Å². The fourth-order valence-electron chi connectivity index (χ4n) is 3.04. The molecule has 0 spiro atoms. The lowest BCUT2D eigenvalue weighted by atomic mass is 9.84. The number of hydrogen-bond donors (Lipinski definition) is 1. The Hall–Kier alpha value is -2.92. The van der Waals surface area contributed by atoms with Gasteiger partial charge in [-0.15, -0.1) is 0 Å². The van der Waals surface area contributed by atoms with Crippen LogP contribution in [-0.2, 0) is 4.79 Å². The van der Waals surface area contributed by atoms with Gasteiger partial charge in [-0.2, -0.15) is 0 Å². The molecule has 1 saturated carbocycles. The quantitative estimate of drug-likeness (QED) is 0.612. The number of carbonyl (C=O) groups is 1. The number of Topliss-reactive ketones (excluding diaryl/α,β-unsaturated/α-hetero) is 1. The first-order valence-corrected chi connectivity index (χ1v) is 9.16. The summed E-state index contributed by atoms with van der Waals surface area (Å²) in [6.07, 6.45) is 2.70. The zero-order valence-electron chi connectivity index (χ0n) is 14.6. The van der Waals surface area contributed by atoms with Crippen LogP contribution in [0.4, 0.5) is 5.82 Å². The largest absolute Gasteiger partial charge is 0.457 e. The maximum atomic E-state index is 11.1. The smallest absolute Gasteiger partial charge is 0.142 e. The Morgan fingerprint density at radius 1 is 1.00 bits per heavy atom. The molecule has 0 unspecified atom stereocenters. The molecule has 0 amide bonds. The zero-order chi connectivity index (χ0) is 18.6. The molecule has 136 valence electrons. The summed E-state index contributed by atoms with van der Waals surface area (Å²) in [5, 5.41) is 3.69. The average Bonchev–Trinajstić information content (AvgIpc) is 2.66. The van der Waals surface area contributed by atoms with Crippen molar-refractivity contribution in [3.63, 3.8) is 0 Å². The second-order valence-electron chi connectivity index (χ2n) is 6.52. The van der Waals surface area contributed by atoms with E-state index in [1.807, 2.05) is 54.6 Å². The number of benzene rings is 2. The maximum absolute atomic E-state index is 11.1. The SMILES string of the molecule is O=C1CC(CNc2ncnc(Cl)c2-c2ccc(Oc3ccccc3)cc2)C1. The Balaban J connectivity index is 1.52. The third-order valence-corrected chi connectivity index (χ3v) is 4.80. The van der Waals surface area contributed by atoms with Crippen molar-refractivity contribution in [3.05, 3.63) is 66.1 Å². The first kappa shape index (κ1) is 17.5. The van der Waals surface area contributed by atoms with E-state index < -0.39 is 0 Å². The Morgan fingerprint density at radius 3 is 2.41 bits per heavy atom. The minimum Gasteiger partial charge on any atom is -0.457 e. The van der Waals surface area contributed by atoms with E-state index in [1.54, 1.807) is 0 Å². The Kier molecular flexibility index (Phi) is 5.03. The third kappa shape index (κ3) is 4.09. The number of halogens is 1. The van der Waals surface area contributed by atoms with Gasteiger partial charge in [0.1, 0.15) is 34.6 Å². The van der Waals surface area contributed by atoms with Crippen LogP contribution in [-0.4, -0.2) is 22.3 Å². The van der Waals surface area contributed by atoms with E-state index in [0.717, 1.165) is 22.6 Å². The summed E-state index contributed by atoms with van der Waals surface area (Å²) in [5.41, 5.74) is 1.64. The number of para-hydroxylation sites is 1. The molecular formula is C21H18ClN3O2. The number of nitrogens with one attached hydrogen (secondary N) is 1. The van der Waals surface area contributed by atoms with Crippen molar-refractivity contribution >= 4 is 23.2 Å². The highest BCUT2D eigenvalue weighted by Gasteiger charge is 2.26. The van der Waals surface area contributed by atoms with Gasteiger partial charge in [-0.3, -0.25) is 4.79 Å². The molecule has 0 aliphatic heterocycles. The highest BCUT2D eigenvalue weighted by molar-refractivity contribution is 6.32. The third-order valence-electron chi connectivity index (χ3n) is 4.51. The summed E-state index contributed by atoms with van der Waals surface area (Å²) >= 11 is 6.34. The number of ketones is 1. The second-order valence-corrected chi connectivity index (χ2v) is 6.88. The van der Waals surface area contributed by atoms with Crippen LogP contribution >= 0.6 is 11.6 Å². The first-order valence-electron chi connectivity index (χ1n) is 8.78. The van der Waals surface area contributed by atoms with Crippen LogP contribution in [0.1, 0.15) is 12.8 Å². The fourth-order valence-corrected chi connectivity index (χ4v) is 3.28. The van der Waals surface area contributed by atoms with E-state index in [4.69, 9.17) is 16.3 Å². The molecule has 2 aromatic carbocycles.